The summed E-state index contributed by atoms with van der Waals surface area (Å²) in [5.74, 6) is 0.607. The number of halogens is 1. The lowest BCUT2D eigenvalue weighted by Gasteiger charge is -2.09. The molecule has 0 aliphatic heterocycles. The Hall–Kier alpha value is -2.00. The van der Waals surface area contributed by atoms with Crippen LogP contribution in [0.25, 0.3) is 0 Å². The molecule has 0 radical (unpaired) electrons. The lowest BCUT2D eigenvalue weighted by atomic mass is 10.1. The highest BCUT2D eigenvalue weighted by Crippen LogP contribution is 2.21. The summed E-state index contributed by atoms with van der Waals surface area (Å²) in [6.45, 7) is 4.77. The van der Waals surface area contributed by atoms with E-state index in [1.54, 1.807) is 6.07 Å². The van der Waals surface area contributed by atoms with E-state index in [4.69, 9.17) is 16.3 Å². The van der Waals surface area contributed by atoms with E-state index >= 15 is 0 Å². The SMILES string of the molecule is Cc1ccc(C(=O)NCCOc2ccc(C)c(Cl)c2)cc1. The highest BCUT2D eigenvalue weighted by Gasteiger charge is 2.04. The van der Waals surface area contributed by atoms with Gasteiger partial charge in [-0.05, 0) is 43.7 Å². The van der Waals surface area contributed by atoms with Crippen molar-refractivity contribution in [3.8, 4) is 5.75 Å². The summed E-state index contributed by atoms with van der Waals surface area (Å²) in [6, 6.07) is 13.0. The normalized spacial score (nSPS) is 10.2. The third-order valence-electron chi connectivity index (χ3n) is 3.11. The van der Waals surface area contributed by atoms with Crippen LogP contribution in [0.2, 0.25) is 5.02 Å². The molecule has 0 atom stereocenters. The third kappa shape index (κ3) is 4.50. The summed E-state index contributed by atoms with van der Waals surface area (Å²) in [4.78, 5) is 11.9. The number of amides is 1. The molecule has 0 saturated carbocycles. The molecule has 0 unspecified atom stereocenters. The Morgan fingerprint density at radius 1 is 1.14 bits per heavy atom. The van der Waals surface area contributed by atoms with E-state index in [1.165, 1.54) is 0 Å². The molecule has 1 amide bonds. The molecule has 21 heavy (non-hydrogen) atoms. The Morgan fingerprint density at radius 3 is 2.52 bits per heavy atom. The van der Waals surface area contributed by atoms with Crippen LogP contribution in [0, 0.1) is 13.8 Å². The van der Waals surface area contributed by atoms with Crippen LogP contribution in [0.3, 0.4) is 0 Å². The number of hydrogen-bond acceptors (Lipinski definition) is 2. The maximum absolute atomic E-state index is 11.9. The van der Waals surface area contributed by atoms with Crippen molar-refractivity contribution in [2.75, 3.05) is 13.2 Å². The smallest absolute Gasteiger partial charge is 0.251 e. The molecule has 0 fully saturated rings. The Kier molecular flexibility index (Phi) is 5.23. The van der Waals surface area contributed by atoms with E-state index in [0.717, 1.165) is 11.1 Å². The fourth-order valence-corrected chi connectivity index (χ4v) is 1.97. The van der Waals surface area contributed by atoms with E-state index in [2.05, 4.69) is 5.32 Å². The topological polar surface area (TPSA) is 38.3 Å². The highest BCUT2D eigenvalue weighted by atomic mass is 35.5. The van der Waals surface area contributed by atoms with Gasteiger partial charge in [0.25, 0.3) is 5.91 Å². The maximum atomic E-state index is 11.9. The molecule has 0 bridgehead atoms. The molecule has 3 nitrogen and oxygen atoms in total. The Balaban J connectivity index is 1.77. The summed E-state index contributed by atoms with van der Waals surface area (Å²) in [7, 11) is 0. The largest absolute Gasteiger partial charge is 0.492 e. The van der Waals surface area contributed by atoms with Gasteiger partial charge in [0.1, 0.15) is 12.4 Å². The zero-order chi connectivity index (χ0) is 15.2. The first-order valence-corrected chi connectivity index (χ1v) is 7.18. The minimum atomic E-state index is -0.0967. The van der Waals surface area contributed by atoms with Gasteiger partial charge in [-0.25, -0.2) is 0 Å². The second-order valence-corrected chi connectivity index (χ2v) is 5.29. The van der Waals surface area contributed by atoms with Crippen LogP contribution in [0.5, 0.6) is 5.75 Å². The van der Waals surface area contributed by atoms with Crippen molar-refractivity contribution in [1.29, 1.82) is 0 Å². The first kappa shape index (κ1) is 15.4. The minimum Gasteiger partial charge on any atom is -0.492 e. The second-order valence-electron chi connectivity index (χ2n) is 4.88. The molecule has 2 aromatic carbocycles. The van der Waals surface area contributed by atoms with Crippen molar-refractivity contribution >= 4 is 17.5 Å². The molecule has 1 N–H and O–H groups in total. The molecule has 0 aliphatic carbocycles. The standard InChI is InChI=1S/C17H18ClNO2/c1-12-3-6-14(7-4-12)17(20)19-9-10-21-15-8-5-13(2)16(18)11-15/h3-8,11H,9-10H2,1-2H3,(H,19,20). The van der Waals surface area contributed by atoms with E-state index in [9.17, 15) is 4.79 Å². The molecule has 0 saturated heterocycles. The van der Waals surface area contributed by atoms with Crippen LogP contribution >= 0.6 is 11.6 Å². The zero-order valence-electron chi connectivity index (χ0n) is 12.2. The monoisotopic (exact) mass is 303 g/mol. The Labute approximate surface area is 129 Å². The molecule has 0 spiro atoms. The average molecular weight is 304 g/mol. The van der Waals surface area contributed by atoms with E-state index in [1.807, 2.05) is 50.2 Å². The molecule has 0 aromatic heterocycles. The van der Waals surface area contributed by atoms with E-state index in [0.29, 0.717) is 29.5 Å². The number of aryl methyl sites for hydroxylation is 2. The lowest BCUT2D eigenvalue weighted by Crippen LogP contribution is -2.28. The van der Waals surface area contributed by atoms with Crippen LogP contribution in [0.15, 0.2) is 42.5 Å². The van der Waals surface area contributed by atoms with Gasteiger partial charge in [0, 0.05) is 10.6 Å². The maximum Gasteiger partial charge on any atom is 0.251 e. The van der Waals surface area contributed by atoms with E-state index in [-0.39, 0.29) is 5.91 Å². The number of benzene rings is 2. The zero-order valence-corrected chi connectivity index (χ0v) is 12.9. The van der Waals surface area contributed by atoms with Gasteiger partial charge in [0.15, 0.2) is 0 Å². The molecule has 0 aliphatic rings. The fraction of sp³-hybridized carbons (Fsp3) is 0.235. The van der Waals surface area contributed by atoms with Gasteiger partial charge < -0.3 is 10.1 Å². The van der Waals surface area contributed by atoms with Crippen molar-refractivity contribution in [3.63, 3.8) is 0 Å². The van der Waals surface area contributed by atoms with Crippen molar-refractivity contribution < 1.29 is 9.53 Å². The summed E-state index contributed by atoms with van der Waals surface area (Å²) in [5.41, 5.74) is 2.79. The average Bonchev–Trinajstić information content (AvgIpc) is 2.47. The van der Waals surface area contributed by atoms with Gasteiger partial charge in [0.05, 0.1) is 6.54 Å². The van der Waals surface area contributed by atoms with Crippen molar-refractivity contribution in [2.45, 2.75) is 13.8 Å². The van der Waals surface area contributed by atoms with Crippen LogP contribution in [-0.4, -0.2) is 19.1 Å². The number of carbonyl (C=O) groups excluding carboxylic acids is 1. The Morgan fingerprint density at radius 2 is 1.86 bits per heavy atom. The summed E-state index contributed by atoms with van der Waals surface area (Å²) in [5, 5.41) is 3.49. The summed E-state index contributed by atoms with van der Waals surface area (Å²) in [6.07, 6.45) is 0. The molecule has 110 valence electrons. The van der Waals surface area contributed by atoms with Gasteiger partial charge in [-0.3, -0.25) is 4.79 Å². The predicted octanol–water partition coefficient (Wildman–Crippen LogP) is 3.77. The second kappa shape index (κ2) is 7.14. The molecule has 4 heteroatoms. The molecule has 2 rings (SSSR count). The van der Waals surface area contributed by atoms with Crippen molar-refractivity contribution in [1.82, 2.24) is 5.32 Å². The van der Waals surface area contributed by atoms with Crippen LogP contribution in [0.4, 0.5) is 0 Å². The number of nitrogens with one attached hydrogen (secondary N) is 1. The van der Waals surface area contributed by atoms with Crippen molar-refractivity contribution in [2.24, 2.45) is 0 Å². The van der Waals surface area contributed by atoms with Crippen LogP contribution in [0.1, 0.15) is 21.5 Å². The van der Waals surface area contributed by atoms with Crippen LogP contribution < -0.4 is 10.1 Å². The summed E-state index contributed by atoms with van der Waals surface area (Å²) >= 11 is 6.02. The van der Waals surface area contributed by atoms with Gasteiger partial charge in [-0.2, -0.15) is 0 Å². The Bertz CT molecular complexity index is 623. The van der Waals surface area contributed by atoms with Gasteiger partial charge in [-0.15, -0.1) is 0 Å². The third-order valence-corrected chi connectivity index (χ3v) is 3.52. The predicted molar refractivity (Wildman–Crippen MR) is 85.2 cm³/mol. The quantitative estimate of drug-likeness (QED) is 0.854. The van der Waals surface area contributed by atoms with Gasteiger partial charge >= 0.3 is 0 Å². The van der Waals surface area contributed by atoms with Crippen molar-refractivity contribution in [3.05, 3.63) is 64.2 Å². The van der Waals surface area contributed by atoms with Crippen LogP contribution in [-0.2, 0) is 0 Å². The minimum absolute atomic E-state index is 0.0967. The molecule has 2 aromatic rings. The van der Waals surface area contributed by atoms with Gasteiger partial charge in [0.2, 0.25) is 0 Å². The lowest BCUT2D eigenvalue weighted by molar-refractivity contribution is 0.0947. The fourth-order valence-electron chi connectivity index (χ4n) is 1.80. The number of hydrogen-bond donors (Lipinski definition) is 1. The number of ether oxygens (including phenoxy) is 1. The summed E-state index contributed by atoms with van der Waals surface area (Å²) < 4.78 is 5.55. The highest BCUT2D eigenvalue weighted by molar-refractivity contribution is 6.31. The molecular weight excluding hydrogens is 286 g/mol. The molecular formula is C17H18ClNO2. The molecule has 0 heterocycles. The van der Waals surface area contributed by atoms with Gasteiger partial charge in [-0.1, -0.05) is 35.4 Å². The first-order valence-electron chi connectivity index (χ1n) is 6.80. The number of rotatable bonds is 5. The van der Waals surface area contributed by atoms with E-state index < -0.39 is 0 Å². The number of carbonyl (C=O) groups is 1. The first-order chi connectivity index (χ1) is 10.1.